The third kappa shape index (κ3) is 4.86. The van der Waals surface area contributed by atoms with Gasteiger partial charge in [-0.1, -0.05) is 66.2 Å². The highest BCUT2D eigenvalue weighted by molar-refractivity contribution is 5.77. The van der Waals surface area contributed by atoms with Crippen LogP contribution >= 0.6 is 0 Å². The molecule has 1 aliphatic rings. The fourth-order valence-electron chi connectivity index (χ4n) is 4.02. The molecule has 1 fully saturated rings. The number of carbonyl (C=O) groups is 1. The molecule has 1 atom stereocenters. The van der Waals surface area contributed by atoms with Crippen LogP contribution in [0.3, 0.4) is 0 Å². The number of anilines is 1. The summed E-state index contributed by atoms with van der Waals surface area (Å²) in [6, 6.07) is 25.3. The maximum absolute atomic E-state index is 12.9. The lowest BCUT2D eigenvalue weighted by Gasteiger charge is -2.30. The molecular formula is C25H30N4O+2. The second-order valence-corrected chi connectivity index (χ2v) is 7.85. The summed E-state index contributed by atoms with van der Waals surface area (Å²) in [5, 5.41) is 2.17. The van der Waals surface area contributed by atoms with Crippen LogP contribution in [0.5, 0.6) is 0 Å². The second-order valence-electron chi connectivity index (χ2n) is 7.85. The van der Waals surface area contributed by atoms with Crippen molar-refractivity contribution in [3.63, 3.8) is 0 Å². The number of piperazine rings is 1. The van der Waals surface area contributed by atoms with Crippen LogP contribution < -0.4 is 15.2 Å². The van der Waals surface area contributed by atoms with Gasteiger partial charge in [-0.15, -0.1) is 0 Å². The molecule has 154 valence electrons. The Morgan fingerprint density at radius 1 is 0.900 bits per heavy atom. The van der Waals surface area contributed by atoms with Gasteiger partial charge >= 0.3 is 0 Å². The molecule has 0 aliphatic carbocycles. The van der Waals surface area contributed by atoms with Crippen molar-refractivity contribution < 1.29 is 15.1 Å². The van der Waals surface area contributed by atoms with E-state index in [1.54, 1.807) is 0 Å². The normalized spacial score (nSPS) is 15.1. The summed E-state index contributed by atoms with van der Waals surface area (Å²) in [6.07, 6.45) is 1.94. The molecule has 1 amide bonds. The molecule has 5 heteroatoms. The molecular weight excluding hydrogens is 372 g/mol. The van der Waals surface area contributed by atoms with Crippen molar-refractivity contribution in [1.82, 2.24) is 4.90 Å². The molecule has 2 aromatic carbocycles. The van der Waals surface area contributed by atoms with E-state index in [1.165, 1.54) is 16.7 Å². The molecule has 0 radical (unpaired) electrons. The highest BCUT2D eigenvalue weighted by Crippen LogP contribution is 2.18. The number of aryl methyl sites for hydroxylation is 1. The average Bonchev–Trinajstić information content (AvgIpc) is 2.81. The number of hydrogen-bond acceptors (Lipinski definition) is 2. The number of pyridine rings is 1. The van der Waals surface area contributed by atoms with E-state index in [9.17, 15) is 4.79 Å². The van der Waals surface area contributed by atoms with E-state index in [1.807, 2.05) is 29.3 Å². The molecule has 1 aliphatic heterocycles. The maximum atomic E-state index is 12.9. The van der Waals surface area contributed by atoms with Gasteiger partial charge in [0.15, 0.2) is 6.54 Å². The van der Waals surface area contributed by atoms with Crippen molar-refractivity contribution in [3.8, 4) is 0 Å². The second kappa shape index (κ2) is 9.55. The van der Waals surface area contributed by atoms with Gasteiger partial charge in [-0.05, 0) is 13.0 Å². The first-order valence-electron chi connectivity index (χ1n) is 10.6. The topological polar surface area (TPSA) is 54.3 Å². The minimum atomic E-state index is 0.121. The van der Waals surface area contributed by atoms with Crippen molar-refractivity contribution in [2.45, 2.75) is 13.0 Å². The number of aromatic nitrogens is 1. The zero-order chi connectivity index (χ0) is 20.8. The van der Waals surface area contributed by atoms with Crippen LogP contribution in [0, 0.1) is 6.92 Å². The number of quaternary nitrogens is 1. The first kappa shape index (κ1) is 20.1. The van der Waals surface area contributed by atoms with E-state index in [0.717, 1.165) is 32.0 Å². The van der Waals surface area contributed by atoms with E-state index >= 15 is 0 Å². The van der Waals surface area contributed by atoms with Gasteiger partial charge in [0.2, 0.25) is 0 Å². The summed E-state index contributed by atoms with van der Waals surface area (Å²) in [5.41, 5.74) is 3.69. The fourth-order valence-corrected chi connectivity index (χ4v) is 4.02. The fraction of sp³-hybridized carbons (Fsp3) is 0.280. The summed E-state index contributed by atoms with van der Waals surface area (Å²) in [7, 11) is 0. The number of hydrogen-bond donors (Lipinski definition) is 1. The first-order valence-corrected chi connectivity index (χ1v) is 10.6. The largest absolute Gasteiger partial charge is 0.330 e. The highest BCUT2D eigenvalue weighted by atomic mass is 16.2. The predicted octanol–water partition coefficient (Wildman–Crippen LogP) is 1.81. The Labute approximate surface area is 178 Å². The van der Waals surface area contributed by atoms with E-state index in [0.29, 0.717) is 6.54 Å². The number of nitrogens with one attached hydrogen (secondary N) is 1. The summed E-state index contributed by atoms with van der Waals surface area (Å²) in [6.45, 7) is 5.77. The molecule has 3 N–H and O–H groups in total. The van der Waals surface area contributed by atoms with Gasteiger partial charge in [0.1, 0.15) is 19.1 Å². The van der Waals surface area contributed by atoms with Crippen LogP contribution in [0.25, 0.3) is 0 Å². The molecule has 2 heterocycles. The lowest BCUT2D eigenvalue weighted by Crippen LogP contribution is -2.88. The Morgan fingerprint density at radius 3 is 2.23 bits per heavy atom. The Bertz CT molecular complexity index is 936. The van der Waals surface area contributed by atoms with Crippen LogP contribution in [0.15, 0.2) is 79.0 Å². The molecule has 1 saturated heterocycles. The van der Waals surface area contributed by atoms with Gasteiger partial charge in [-0.2, -0.15) is 0 Å². The molecule has 3 aromatic rings. The number of H-pyrrole nitrogens is 1. The summed E-state index contributed by atoms with van der Waals surface area (Å²) in [4.78, 5) is 20.5. The van der Waals surface area contributed by atoms with Gasteiger partial charge in [-0.25, -0.2) is 4.98 Å². The third-order valence-electron chi connectivity index (χ3n) is 5.79. The number of nitrogens with two attached hydrogens (primary N) is 1. The van der Waals surface area contributed by atoms with Crippen molar-refractivity contribution in [1.29, 1.82) is 0 Å². The van der Waals surface area contributed by atoms with Gasteiger partial charge in [0.05, 0.1) is 19.3 Å². The molecule has 0 bridgehead atoms. The van der Waals surface area contributed by atoms with Crippen molar-refractivity contribution in [2.75, 3.05) is 37.6 Å². The van der Waals surface area contributed by atoms with Gasteiger partial charge in [-0.3, -0.25) is 9.69 Å². The summed E-state index contributed by atoms with van der Waals surface area (Å²) < 4.78 is 0. The SMILES string of the molecule is Cc1ccc([C@@H]([NH2+]CC(=O)N2CCN(c3cccc[nH+]3)CC2)c2ccccc2)cc1. The standard InChI is InChI=1S/C25H28N4O/c1-20-10-12-22(13-11-20)25(21-7-3-2-4-8-21)27-19-24(30)29-17-15-28(16-18-29)23-9-5-6-14-26-23/h2-14,25,27H,15-19H2,1H3/p+2/t25-/m0/s1. The number of nitrogens with zero attached hydrogens (tertiary/aromatic N) is 2. The van der Waals surface area contributed by atoms with Gasteiger partial charge in [0, 0.05) is 17.2 Å². The number of carbonyl (C=O) groups excluding carboxylic acids is 1. The summed E-state index contributed by atoms with van der Waals surface area (Å²) >= 11 is 0. The molecule has 1 aromatic heterocycles. The maximum Gasteiger partial charge on any atom is 0.277 e. The number of aromatic amines is 1. The Balaban J connectivity index is 1.38. The smallest absolute Gasteiger partial charge is 0.277 e. The van der Waals surface area contributed by atoms with Crippen molar-refractivity contribution in [3.05, 3.63) is 95.7 Å². The number of amides is 1. The zero-order valence-corrected chi connectivity index (χ0v) is 17.5. The molecule has 0 saturated carbocycles. The van der Waals surface area contributed by atoms with Crippen LogP contribution in [0.2, 0.25) is 0 Å². The van der Waals surface area contributed by atoms with E-state index in [-0.39, 0.29) is 11.9 Å². The van der Waals surface area contributed by atoms with Crippen LogP contribution in [-0.4, -0.2) is 43.5 Å². The van der Waals surface area contributed by atoms with Crippen LogP contribution in [0.4, 0.5) is 5.82 Å². The zero-order valence-electron chi connectivity index (χ0n) is 17.5. The lowest BCUT2D eigenvalue weighted by atomic mass is 9.98. The molecule has 0 unspecified atom stereocenters. The number of benzene rings is 2. The Hall–Kier alpha value is -3.18. The van der Waals surface area contributed by atoms with Gasteiger partial charge < -0.3 is 10.2 Å². The highest BCUT2D eigenvalue weighted by Gasteiger charge is 2.27. The van der Waals surface area contributed by atoms with E-state index in [2.05, 4.69) is 76.7 Å². The predicted molar refractivity (Wildman–Crippen MR) is 118 cm³/mol. The van der Waals surface area contributed by atoms with Gasteiger partial charge in [0.25, 0.3) is 11.7 Å². The Kier molecular flexibility index (Phi) is 6.40. The molecule has 30 heavy (non-hydrogen) atoms. The third-order valence-corrected chi connectivity index (χ3v) is 5.79. The molecule has 4 rings (SSSR count). The van der Waals surface area contributed by atoms with Crippen LogP contribution in [0.1, 0.15) is 22.7 Å². The monoisotopic (exact) mass is 402 g/mol. The molecule has 5 nitrogen and oxygen atoms in total. The quantitative estimate of drug-likeness (QED) is 0.684. The van der Waals surface area contributed by atoms with Crippen LogP contribution in [-0.2, 0) is 4.79 Å². The minimum absolute atomic E-state index is 0.121. The van der Waals surface area contributed by atoms with E-state index in [4.69, 9.17) is 0 Å². The van der Waals surface area contributed by atoms with E-state index < -0.39 is 0 Å². The Morgan fingerprint density at radius 2 is 1.57 bits per heavy atom. The molecule has 0 spiro atoms. The van der Waals surface area contributed by atoms with Crippen molar-refractivity contribution >= 4 is 11.7 Å². The lowest BCUT2D eigenvalue weighted by molar-refractivity contribution is -0.677. The summed E-state index contributed by atoms with van der Waals surface area (Å²) in [5.74, 6) is 1.32. The van der Waals surface area contributed by atoms with Crippen molar-refractivity contribution in [2.24, 2.45) is 0 Å². The average molecular weight is 403 g/mol. The first-order chi connectivity index (χ1) is 14.7. The minimum Gasteiger partial charge on any atom is -0.330 e. The number of rotatable bonds is 6.